The zero-order valence-corrected chi connectivity index (χ0v) is 20.8. The molecule has 190 valence electrons. The molecule has 2 fully saturated rings. The van der Waals surface area contributed by atoms with Crippen LogP contribution in [0, 0.1) is 30.6 Å². The quantitative estimate of drug-likeness (QED) is 0.321. The van der Waals surface area contributed by atoms with Gasteiger partial charge in [0.2, 0.25) is 0 Å². The number of amides is 3. The second-order valence-electron chi connectivity index (χ2n) is 9.64. The molecule has 0 radical (unpaired) electrons. The van der Waals surface area contributed by atoms with E-state index in [1.165, 1.54) is 13.3 Å². The number of hydrogen-bond acceptors (Lipinski definition) is 6. The van der Waals surface area contributed by atoms with E-state index in [2.05, 4.69) is 29.1 Å². The first-order valence-electron chi connectivity index (χ1n) is 12.3. The highest BCUT2D eigenvalue weighted by molar-refractivity contribution is 6.06. The van der Waals surface area contributed by atoms with Crippen LogP contribution in [0.15, 0.2) is 66.3 Å². The van der Waals surface area contributed by atoms with Gasteiger partial charge < -0.3 is 14.8 Å². The summed E-state index contributed by atoms with van der Waals surface area (Å²) in [5, 5.41) is 8.09. The van der Waals surface area contributed by atoms with Gasteiger partial charge in [-0.3, -0.25) is 14.4 Å². The minimum Gasteiger partial charge on any atom is -0.493 e. The molecule has 8 nitrogen and oxygen atoms in total. The van der Waals surface area contributed by atoms with Crippen molar-refractivity contribution in [2.24, 2.45) is 28.8 Å². The number of carbonyl (C=O) groups is 3. The lowest BCUT2D eigenvalue weighted by molar-refractivity contribution is -0.140. The minimum absolute atomic E-state index is 0.130. The second-order valence-corrected chi connectivity index (χ2v) is 9.64. The van der Waals surface area contributed by atoms with Crippen molar-refractivity contribution in [1.29, 1.82) is 0 Å². The van der Waals surface area contributed by atoms with Crippen molar-refractivity contribution in [3.63, 3.8) is 0 Å². The lowest BCUT2D eigenvalue weighted by Crippen LogP contribution is -2.28. The van der Waals surface area contributed by atoms with Crippen LogP contribution < -0.4 is 14.8 Å². The van der Waals surface area contributed by atoms with Gasteiger partial charge in [-0.15, -0.1) is 6.58 Å². The van der Waals surface area contributed by atoms with Crippen molar-refractivity contribution in [2.75, 3.05) is 19.0 Å². The second kappa shape index (κ2) is 10.0. The summed E-state index contributed by atoms with van der Waals surface area (Å²) >= 11 is 0. The van der Waals surface area contributed by atoms with E-state index < -0.39 is 0 Å². The standard InChI is InChI=1S/C29H29N3O5/c1-4-5-21-12-18(15-30-32-28(34)25-19-8-9-20(14-19)26(25)29(32)35)13-23(36-3)27(21)37-16-24(33)31-22-10-6-17(2)7-11-22/h4,6-13,15,19-20,25-26H,1,5,14,16H2,2-3H3,(H,31,33)/t19-,20-,25-,26+/m0/s1. The molecule has 1 N–H and O–H groups in total. The Balaban J connectivity index is 1.31. The van der Waals surface area contributed by atoms with Gasteiger partial charge in [0.05, 0.1) is 25.2 Å². The van der Waals surface area contributed by atoms with Crippen LogP contribution >= 0.6 is 0 Å². The molecule has 1 saturated heterocycles. The van der Waals surface area contributed by atoms with E-state index in [0.29, 0.717) is 29.2 Å². The van der Waals surface area contributed by atoms with Crippen molar-refractivity contribution in [3.05, 3.63) is 77.9 Å². The Morgan fingerprint density at radius 1 is 1.14 bits per heavy atom. The predicted molar refractivity (Wildman–Crippen MR) is 139 cm³/mol. The fourth-order valence-electron chi connectivity index (χ4n) is 5.48. The number of ether oxygens (including phenoxy) is 2. The number of hydrazone groups is 1. The largest absolute Gasteiger partial charge is 0.493 e. The summed E-state index contributed by atoms with van der Waals surface area (Å²) in [4.78, 5) is 38.3. The summed E-state index contributed by atoms with van der Waals surface area (Å²) in [6.07, 6.45) is 8.62. The first kappa shape index (κ1) is 24.5. The topological polar surface area (TPSA) is 97.3 Å². The number of hydrogen-bond donors (Lipinski definition) is 1. The number of nitrogens with one attached hydrogen (secondary N) is 1. The average molecular weight is 500 g/mol. The zero-order valence-electron chi connectivity index (χ0n) is 20.8. The molecule has 0 aromatic heterocycles. The fourth-order valence-corrected chi connectivity index (χ4v) is 5.48. The van der Waals surface area contributed by atoms with Crippen molar-refractivity contribution >= 4 is 29.6 Å². The molecule has 1 saturated carbocycles. The number of benzene rings is 2. The van der Waals surface area contributed by atoms with E-state index >= 15 is 0 Å². The molecule has 2 bridgehead atoms. The normalized spacial score (nSPS) is 23.6. The monoisotopic (exact) mass is 499 g/mol. The Labute approximate surface area is 215 Å². The van der Waals surface area contributed by atoms with Crippen LogP contribution in [0.5, 0.6) is 11.5 Å². The molecular weight excluding hydrogens is 470 g/mol. The zero-order chi connectivity index (χ0) is 26.1. The molecule has 1 aliphatic heterocycles. The highest BCUT2D eigenvalue weighted by Crippen LogP contribution is 2.52. The highest BCUT2D eigenvalue weighted by atomic mass is 16.5. The molecule has 3 aliphatic rings. The predicted octanol–water partition coefficient (Wildman–Crippen LogP) is 3.89. The summed E-state index contributed by atoms with van der Waals surface area (Å²) in [5.41, 5.74) is 3.14. The van der Waals surface area contributed by atoms with Gasteiger partial charge in [0, 0.05) is 11.3 Å². The summed E-state index contributed by atoms with van der Waals surface area (Å²) in [6.45, 7) is 5.57. The number of allylic oxidation sites excluding steroid dienone is 3. The number of imide groups is 1. The van der Waals surface area contributed by atoms with Crippen LogP contribution in [-0.2, 0) is 20.8 Å². The third-order valence-corrected chi connectivity index (χ3v) is 7.19. The summed E-state index contributed by atoms with van der Waals surface area (Å²) in [6, 6.07) is 11.0. The van der Waals surface area contributed by atoms with Crippen molar-refractivity contribution in [2.45, 2.75) is 19.8 Å². The number of methoxy groups -OCH3 is 1. The lowest BCUT2D eigenvalue weighted by Gasteiger charge is -2.16. The molecular formula is C29H29N3O5. The number of rotatable bonds is 9. The van der Waals surface area contributed by atoms with E-state index in [1.807, 2.05) is 37.3 Å². The van der Waals surface area contributed by atoms with Gasteiger partial charge in [-0.25, -0.2) is 0 Å². The smallest absolute Gasteiger partial charge is 0.262 e. The van der Waals surface area contributed by atoms with E-state index in [0.717, 1.165) is 22.6 Å². The molecule has 1 heterocycles. The van der Waals surface area contributed by atoms with Crippen molar-refractivity contribution in [1.82, 2.24) is 5.01 Å². The first-order valence-corrected chi connectivity index (χ1v) is 12.3. The summed E-state index contributed by atoms with van der Waals surface area (Å²) in [7, 11) is 1.50. The van der Waals surface area contributed by atoms with Crippen LogP contribution in [0.2, 0.25) is 0 Å². The van der Waals surface area contributed by atoms with Gasteiger partial charge in [-0.05, 0) is 61.4 Å². The third-order valence-electron chi connectivity index (χ3n) is 7.19. The van der Waals surface area contributed by atoms with E-state index in [9.17, 15) is 14.4 Å². The van der Waals surface area contributed by atoms with Gasteiger partial charge in [-0.1, -0.05) is 35.9 Å². The maximum absolute atomic E-state index is 12.9. The maximum Gasteiger partial charge on any atom is 0.262 e. The molecule has 4 atom stereocenters. The number of aryl methyl sites for hydroxylation is 1. The maximum atomic E-state index is 12.9. The molecule has 0 unspecified atom stereocenters. The van der Waals surface area contributed by atoms with Crippen LogP contribution in [0.1, 0.15) is 23.1 Å². The molecule has 0 spiro atoms. The molecule has 37 heavy (non-hydrogen) atoms. The Morgan fingerprint density at radius 2 is 1.81 bits per heavy atom. The fraction of sp³-hybridized carbons (Fsp3) is 0.310. The summed E-state index contributed by atoms with van der Waals surface area (Å²) in [5.74, 6) is -0.287. The molecule has 3 amide bonds. The Hall–Kier alpha value is -4.20. The van der Waals surface area contributed by atoms with Gasteiger partial charge >= 0.3 is 0 Å². The number of carbonyl (C=O) groups excluding carboxylic acids is 3. The van der Waals surface area contributed by atoms with E-state index in [1.54, 1.807) is 12.1 Å². The molecule has 5 rings (SSSR count). The molecule has 2 aliphatic carbocycles. The lowest BCUT2D eigenvalue weighted by atomic mass is 9.85. The molecule has 2 aromatic rings. The van der Waals surface area contributed by atoms with Crippen LogP contribution in [-0.4, -0.2) is 42.7 Å². The van der Waals surface area contributed by atoms with Gasteiger partial charge in [-0.2, -0.15) is 10.1 Å². The minimum atomic E-state index is -0.304. The van der Waals surface area contributed by atoms with Gasteiger partial charge in [0.15, 0.2) is 18.1 Å². The highest BCUT2D eigenvalue weighted by Gasteiger charge is 2.59. The van der Waals surface area contributed by atoms with Crippen molar-refractivity contribution < 1.29 is 23.9 Å². The van der Waals surface area contributed by atoms with Crippen LogP contribution in [0.4, 0.5) is 5.69 Å². The number of nitrogens with zero attached hydrogens (tertiary/aromatic N) is 2. The number of fused-ring (bicyclic) bond motifs is 5. The van der Waals surface area contributed by atoms with Gasteiger partial charge in [0.1, 0.15) is 0 Å². The van der Waals surface area contributed by atoms with Crippen LogP contribution in [0.25, 0.3) is 0 Å². The Kier molecular flexibility index (Phi) is 6.65. The van der Waals surface area contributed by atoms with E-state index in [4.69, 9.17) is 9.47 Å². The van der Waals surface area contributed by atoms with Gasteiger partial charge in [0.25, 0.3) is 17.7 Å². The van der Waals surface area contributed by atoms with Crippen LogP contribution in [0.3, 0.4) is 0 Å². The first-order chi connectivity index (χ1) is 17.9. The SMILES string of the molecule is C=CCc1cc(C=NN2C(=O)[C@@H]3[C@H](C2=O)[C@H]2C=C[C@H]3C2)cc(OC)c1OCC(=O)Nc1ccc(C)cc1. The Morgan fingerprint density at radius 3 is 2.43 bits per heavy atom. The number of anilines is 1. The third kappa shape index (κ3) is 4.67. The van der Waals surface area contributed by atoms with E-state index in [-0.39, 0.29) is 48.0 Å². The molecule has 8 heteroatoms. The summed E-state index contributed by atoms with van der Waals surface area (Å²) < 4.78 is 11.4. The Bertz CT molecular complexity index is 1280. The average Bonchev–Trinajstić information content (AvgIpc) is 3.57. The molecule has 2 aromatic carbocycles. The van der Waals surface area contributed by atoms with Crippen molar-refractivity contribution in [3.8, 4) is 11.5 Å².